The molecule has 0 bridgehead atoms. The largest absolute Gasteiger partial charge is 0.377 e. The van der Waals surface area contributed by atoms with Crippen LogP contribution in [-0.4, -0.2) is 33.4 Å². The molecule has 1 aliphatic heterocycles. The van der Waals surface area contributed by atoms with Gasteiger partial charge in [-0.05, 0) is 54.7 Å². The van der Waals surface area contributed by atoms with E-state index in [0.29, 0.717) is 43.3 Å². The molecule has 1 saturated carbocycles. The Morgan fingerprint density at radius 3 is 2.66 bits per heavy atom. The molecular weight excluding hydrogens is 455 g/mol. The van der Waals surface area contributed by atoms with Crippen molar-refractivity contribution in [1.82, 2.24) is 0 Å². The zero-order chi connectivity index (χ0) is 22.7. The Morgan fingerprint density at radius 2 is 1.97 bits per heavy atom. The van der Waals surface area contributed by atoms with Gasteiger partial charge in [0.15, 0.2) is 9.84 Å². The van der Waals surface area contributed by atoms with Crippen molar-refractivity contribution in [2.75, 3.05) is 29.6 Å². The summed E-state index contributed by atoms with van der Waals surface area (Å²) in [6.07, 6.45) is 5.40. The first-order chi connectivity index (χ1) is 15.3. The van der Waals surface area contributed by atoms with Gasteiger partial charge in [0.2, 0.25) is 0 Å². The summed E-state index contributed by atoms with van der Waals surface area (Å²) in [6, 6.07) is 8.09. The second kappa shape index (κ2) is 9.60. The number of hydrogen-bond donors (Lipinski definition) is 2. The van der Waals surface area contributed by atoms with Crippen molar-refractivity contribution in [2.45, 2.75) is 30.6 Å². The minimum Gasteiger partial charge on any atom is -0.377 e. The maximum Gasteiger partial charge on any atom is 0.323 e. The average molecular weight is 479 g/mol. The Kier molecular flexibility index (Phi) is 6.83. The van der Waals surface area contributed by atoms with Crippen LogP contribution in [-0.2, 0) is 14.6 Å². The molecular formula is C23H24ClFN2O4S. The summed E-state index contributed by atoms with van der Waals surface area (Å²) in [5, 5.41) is 5.24. The van der Waals surface area contributed by atoms with Crippen molar-refractivity contribution in [3.8, 4) is 0 Å². The summed E-state index contributed by atoms with van der Waals surface area (Å²) in [5.41, 5.74) is 2.41. The number of ether oxygens (including phenoxy) is 1. The molecule has 2 aliphatic rings. The second-order valence-corrected chi connectivity index (χ2v) is 10.5. The molecule has 0 radical (unpaired) electrons. The normalized spacial score (nSPS) is 16.4. The third-order valence-corrected chi connectivity index (χ3v) is 7.61. The number of amides is 2. The molecule has 2 aromatic rings. The van der Waals surface area contributed by atoms with Crippen LogP contribution in [0.5, 0.6) is 0 Å². The minimum absolute atomic E-state index is 0.0905. The molecule has 6 nitrogen and oxygen atoms in total. The molecule has 0 aromatic heterocycles. The lowest BCUT2D eigenvalue weighted by Gasteiger charge is -2.19. The molecule has 4 rings (SSSR count). The van der Waals surface area contributed by atoms with Crippen LogP contribution in [0.4, 0.5) is 20.6 Å². The van der Waals surface area contributed by atoms with Gasteiger partial charge >= 0.3 is 6.03 Å². The van der Waals surface area contributed by atoms with Gasteiger partial charge in [-0.25, -0.2) is 17.6 Å². The fourth-order valence-electron chi connectivity index (χ4n) is 3.58. The van der Waals surface area contributed by atoms with Gasteiger partial charge in [-0.2, -0.15) is 0 Å². The van der Waals surface area contributed by atoms with Crippen LogP contribution in [0.15, 0.2) is 47.4 Å². The summed E-state index contributed by atoms with van der Waals surface area (Å²) in [6.45, 7) is 1.00. The standard InChI is InChI=1S/C23H24ClFN2O4S/c24-20-13-17(3-6-21(20)25)26-23(28)27-22-14-18(32(29,30)12-9-15-1-2-15)4-5-19(22)16-7-10-31-11-8-16/h3-7,13-15H,1-2,8-12H2,(H2,26,27,28). The van der Waals surface area contributed by atoms with E-state index in [0.717, 1.165) is 30.0 Å². The van der Waals surface area contributed by atoms with Crippen LogP contribution >= 0.6 is 11.6 Å². The smallest absolute Gasteiger partial charge is 0.323 e. The number of sulfone groups is 1. The molecule has 0 unspecified atom stereocenters. The van der Waals surface area contributed by atoms with Crippen LogP contribution in [0.2, 0.25) is 5.02 Å². The van der Waals surface area contributed by atoms with Gasteiger partial charge in [0, 0.05) is 11.3 Å². The number of halogens is 2. The Labute approximate surface area is 191 Å². The fourth-order valence-corrected chi connectivity index (χ4v) is 5.21. The number of benzene rings is 2. The molecule has 2 amide bonds. The van der Waals surface area contributed by atoms with E-state index >= 15 is 0 Å². The average Bonchev–Trinajstić information content (AvgIpc) is 3.60. The molecule has 0 spiro atoms. The Balaban J connectivity index is 1.59. The van der Waals surface area contributed by atoms with Crippen molar-refractivity contribution >= 4 is 44.4 Å². The Bertz CT molecular complexity index is 1160. The topological polar surface area (TPSA) is 84.5 Å². The van der Waals surface area contributed by atoms with Gasteiger partial charge < -0.3 is 15.4 Å². The lowest BCUT2D eigenvalue weighted by atomic mass is 10.00. The molecule has 1 heterocycles. The van der Waals surface area contributed by atoms with Crippen LogP contribution in [0.3, 0.4) is 0 Å². The number of nitrogens with one attached hydrogen (secondary N) is 2. The van der Waals surface area contributed by atoms with Gasteiger partial charge in [-0.3, -0.25) is 0 Å². The molecule has 2 N–H and O–H groups in total. The lowest BCUT2D eigenvalue weighted by molar-refractivity contribution is 0.161. The van der Waals surface area contributed by atoms with Gasteiger partial charge in [0.1, 0.15) is 5.82 Å². The highest BCUT2D eigenvalue weighted by atomic mass is 35.5. The first-order valence-corrected chi connectivity index (χ1v) is 12.5. The van der Waals surface area contributed by atoms with E-state index in [2.05, 4.69) is 10.6 Å². The zero-order valence-electron chi connectivity index (χ0n) is 17.4. The number of rotatable bonds is 7. The van der Waals surface area contributed by atoms with E-state index in [1.54, 1.807) is 12.1 Å². The second-order valence-electron chi connectivity index (χ2n) is 8.02. The highest BCUT2D eigenvalue weighted by Gasteiger charge is 2.26. The first kappa shape index (κ1) is 22.8. The fraction of sp³-hybridized carbons (Fsp3) is 0.348. The van der Waals surface area contributed by atoms with Crippen molar-refractivity contribution in [3.05, 3.63) is 58.9 Å². The molecule has 0 saturated heterocycles. The zero-order valence-corrected chi connectivity index (χ0v) is 18.9. The summed E-state index contributed by atoms with van der Waals surface area (Å²) in [5.74, 6) is 0.00519. The summed E-state index contributed by atoms with van der Waals surface area (Å²) in [4.78, 5) is 12.8. The van der Waals surface area contributed by atoms with E-state index in [1.807, 2.05) is 6.08 Å². The highest BCUT2D eigenvalue weighted by Crippen LogP contribution is 2.35. The van der Waals surface area contributed by atoms with Crippen molar-refractivity contribution < 1.29 is 22.3 Å². The van der Waals surface area contributed by atoms with Crippen LogP contribution in [0.1, 0.15) is 31.2 Å². The molecule has 0 atom stereocenters. The molecule has 2 aromatic carbocycles. The predicted molar refractivity (Wildman–Crippen MR) is 123 cm³/mol. The van der Waals surface area contributed by atoms with Gasteiger partial charge in [0.05, 0.1) is 34.6 Å². The van der Waals surface area contributed by atoms with Gasteiger partial charge in [-0.15, -0.1) is 0 Å². The Hall–Kier alpha value is -2.42. The summed E-state index contributed by atoms with van der Waals surface area (Å²) in [7, 11) is -3.47. The van der Waals surface area contributed by atoms with Crippen LogP contribution in [0.25, 0.3) is 5.57 Å². The maximum atomic E-state index is 13.4. The maximum absolute atomic E-state index is 13.4. The van der Waals surface area contributed by atoms with Crippen molar-refractivity contribution in [1.29, 1.82) is 0 Å². The van der Waals surface area contributed by atoms with Crippen LogP contribution < -0.4 is 10.6 Å². The quantitative estimate of drug-likeness (QED) is 0.550. The van der Waals surface area contributed by atoms with E-state index < -0.39 is 21.7 Å². The minimum atomic E-state index is -3.47. The highest BCUT2D eigenvalue weighted by molar-refractivity contribution is 7.91. The van der Waals surface area contributed by atoms with Gasteiger partial charge in [-0.1, -0.05) is 36.6 Å². The summed E-state index contributed by atoms with van der Waals surface area (Å²) >= 11 is 5.78. The SMILES string of the molecule is O=C(Nc1ccc(F)c(Cl)c1)Nc1cc(S(=O)(=O)CCC2CC2)ccc1C1=CCOCC1. The molecule has 9 heteroatoms. The van der Waals surface area contributed by atoms with E-state index in [9.17, 15) is 17.6 Å². The van der Waals surface area contributed by atoms with E-state index in [1.165, 1.54) is 18.2 Å². The Morgan fingerprint density at radius 1 is 1.16 bits per heavy atom. The van der Waals surface area contributed by atoms with Crippen molar-refractivity contribution in [3.63, 3.8) is 0 Å². The van der Waals surface area contributed by atoms with E-state index in [-0.39, 0.29) is 15.7 Å². The molecule has 1 fully saturated rings. The van der Waals surface area contributed by atoms with E-state index in [4.69, 9.17) is 16.3 Å². The first-order valence-electron chi connectivity index (χ1n) is 10.5. The molecule has 1 aliphatic carbocycles. The number of carbonyl (C=O) groups excluding carboxylic acids is 1. The number of hydrogen-bond acceptors (Lipinski definition) is 4. The lowest BCUT2D eigenvalue weighted by Crippen LogP contribution is -2.21. The number of urea groups is 1. The third-order valence-electron chi connectivity index (χ3n) is 5.58. The third kappa shape index (κ3) is 5.68. The number of anilines is 2. The predicted octanol–water partition coefficient (Wildman–Crippen LogP) is 5.50. The monoisotopic (exact) mass is 478 g/mol. The summed E-state index contributed by atoms with van der Waals surface area (Å²) < 4.78 is 44.4. The van der Waals surface area contributed by atoms with Gasteiger partial charge in [0.25, 0.3) is 0 Å². The molecule has 32 heavy (non-hydrogen) atoms. The van der Waals surface area contributed by atoms with Crippen LogP contribution in [0, 0.1) is 11.7 Å². The number of carbonyl (C=O) groups is 1. The van der Waals surface area contributed by atoms with Crippen molar-refractivity contribution in [2.24, 2.45) is 5.92 Å². The molecule has 170 valence electrons.